The van der Waals surface area contributed by atoms with Gasteiger partial charge in [-0.1, -0.05) is 0 Å². The number of benzene rings is 1. The molecule has 0 bridgehead atoms. The molecule has 16 heavy (non-hydrogen) atoms. The maximum absolute atomic E-state index is 11.4. The highest BCUT2D eigenvalue weighted by atomic mass is 32.2. The fourth-order valence-corrected chi connectivity index (χ4v) is 1.53. The Labute approximate surface area is 99.5 Å². The van der Waals surface area contributed by atoms with Crippen molar-refractivity contribution in [2.75, 3.05) is 31.3 Å². The monoisotopic (exact) mass is 240 g/mol. The fourth-order valence-electron chi connectivity index (χ4n) is 1.12. The average molecular weight is 240 g/mol. The van der Waals surface area contributed by atoms with Gasteiger partial charge in [-0.2, -0.15) is 0 Å². The maximum atomic E-state index is 11.4. The van der Waals surface area contributed by atoms with Gasteiger partial charge in [-0.05, 0) is 30.5 Å². The minimum atomic E-state index is -0.162. The Morgan fingerprint density at radius 2 is 2.12 bits per heavy atom. The minimum Gasteiger partial charge on any atom is -0.370 e. The number of hydrogen-bond acceptors (Lipinski definition) is 4. The second kappa shape index (κ2) is 7.27. The van der Waals surface area contributed by atoms with Gasteiger partial charge in [-0.25, -0.2) is 0 Å². The molecule has 0 saturated heterocycles. The molecule has 1 aromatic rings. The molecule has 0 heterocycles. The number of nitrogens with two attached hydrogens (primary N) is 1. The second-order valence-corrected chi connectivity index (χ2v) is 4.00. The molecule has 0 aliphatic heterocycles. The molecule has 0 aromatic heterocycles. The van der Waals surface area contributed by atoms with E-state index in [1.807, 2.05) is 30.5 Å². The Morgan fingerprint density at radius 3 is 2.69 bits per heavy atom. The zero-order valence-corrected chi connectivity index (χ0v) is 10.0. The van der Waals surface area contributed by atoms with Gasteiger partial charge >= 0.3 is 0 Å². The van der Waals surface area contributed by atoms with E-state index in [1.165, 1.54) is 0 Å². The number of rotatable bonds is 6. The molecular weight excluding hydrogens is 224 g/mol. The van der Waals surface area contributed by atoms with E-state index in [1.54, 1.807) is 11.8 Å². The van der Waals surface area contributed by atoms with Crippen LogP contribution < -0.4 is 11.1 Å². The van der Waals surface area contributed by atoms with Gasteiger partial charge in [0.1, 0.15) is 6.61 Å². The molecular formula is C11H16N2O2S. The third-order valence-electron chi connectivity index (χ3n) is 1.87. The normalized spacial score (nSPS) is 10.1. The van der Waals surface area contributed by atoms with Crippen molar-refractivity contribution in [3.63, 3.8) is 0 Å². The molecule has 0 radical (unpaired) electrons. The Balaban J connectivity index is 2.37. The molecule has 0 atom stereocenters. The number of carbonyl (C=O) groups excluding carboxylic acids is 1. The van der Waals surface area contributed by atoms with E-state index in [-0.39, 0.29) is 12.5 Å². The smallest absolute Gasteiger partial charge is 0.250 e. The summed E-state index contributed by atoms with van der Waals surface area (Å²) in [5.41, 5.74) is 6.02. The Morgan fingerprint density at radius 1 is 1.44 bits per heavy atom. The van der Waals surface area contributed by atoms with Crippen molar-refractivity contribution in [1.29, 1.82) is 0 Å². The van der Waals surface area contributed by atoms with Gasteiger partial charge in [0, 0.05) is 17.1 Å². The summed E-state index contributed by atoms with van der Waals surface area (Å²) in [7, 11) is 0. The van der Waals surface area contributed by atoms with Crippen LogP contribution in [0.2, 0.25) is 0 Å². The first-order valence-electron chi connectivity index (χ1n) is 4.98. The van der Waals surface area contributed by atoms with Crippen molar-refractivity contribution in [2.45, 2.75) is 4.90 Å². The zero-order valence-electron chi connectivity index (χ0n) is 9.23. The van der Waals surface area contributed by atoms with Crippen LogP contribution in [0.3, 0.4) is 0 Å². The lowest BCUT2D eigenvalue weighted by Gasteiger charge is -2.06. The second-order valence-electron chi connectivity index (χ2n) is 3.12. The summed E-state index contributed by atoms with van der Waals surface area (Å²) >= 11 is 1.66. The Bertz CT molecular complexity index is 327. The molecule has 1 amide bonds. The number of ether oxygens (including phenoxy) is 1. The summed E-state index contributed by atoms with van der Waals surface area (Å²) in [6.45, 7) is 0.871. The van der Waals surface area contributed by atoms with Gasteiger partial charge < -0.3 is 15.8 Å². The van der Waals surface area contributed by atoms with Crippen LogP contribution in [-0.2, 0) is 9.53 Å². The van der Waals surface area contributed by atoms with Gasteiger partial charge in [-0.15, -0.1) is 11.8 Å². The molecule has 3 N–H and O–H groups in total. The minimum absolute atomic E-state index is 0.0431. The molecule has 0 unspecified atom stereocenters. The van der Waals surface area contributed by atoms with Gasteiger partial charge in [0.15, 0.2) is 0 Å². The Kier molecular flexibility index (Phi) is 5.92. The third-order valence-corrected chi connectivity index (χ3v) is 2.61. The summed E-state index contributed by atoms with van der Waals surface area (Å²) in [5.74, 6) is -0.162. The number of hydrogen-bond donors (Lipinski definition) is 2. The van der Waals surface area contributed by atoms with Crippen LogP contribution in [0.5, 0.6) is 0 Å². The van der Waals surface area contributed by atoms with Gasteiger partial charge in [0.25, 0.3) is 0 Å². The number of amides is 1. The fraction of sp³-hybridized carbons (Fsp3) is 0.364. The molecule has 0 aliphatic rings. The standard InChI is InChI=1S/C11H16N2O2S/c1-16-10-4-2-9(3-5-10)13-11(14)8-15-7-6-12/h2-5H,6-8,12H2,1H3,(H,13,14). The number of thioether (sulfide) groups is 1. The van der Waals surface area contributed by atoms with Gasteiger partial charge in [0.05, 0.1) is 6.61 Å². The highest BCUT2D eigenvalue weighted by Gasteiger charge is 2.01. The lowest BCUT2D eigenvalue weighted by molar-refractivity contribution is -0.120. The van der Waals surface area contributed by atoms with Crippen LogP contribution in [0, 0.1) is 0 Å². The van der Waals surface area contributed by atoms with Crippen molar-refractivity contribution in [3.05, 3.63) is 24.3 Å². The predicted molar refractivity (Wildman–Crippen MR) is 66.7 cm³/mol. The molecule has 0 saturated carbocycles. The van der Waals surface area contributed by atoms with Gasteiger partial charge in [0.2, 0.25) is 5.91 Å². The first-order chi connectivity index (χ1) is 7.76. The molecule has 4 nitrogen and oxygen atoms in total. The van der Waals surface area contributed by atoms with Crippen molar-refractivity contribution in [3.8, 4) is 0 Å². The average Bonchev–Trinajstić information content (AvgIpc) is 2.30. The van der Waals surface area contributed by atoms with E-state index >= 15 is 0 Å². The van der Waals surface area contributed by atoms with E-state index in [2.05, 4.69) is 5.32 Å². The van der Waals surface area contributed by atoms with Crippen LogP contribution in [0.1, 0.15) is 0 Å². The van der Waals surface area contributed by atoms with Crippen LogP contribution in [0.4, 0.5) is 5.69 Å². The highest BCUT2D eigenvalue weighted by Crippen LogP contribution is 2.17. The van der Waals surface area contributed by atoms with E-state index in [0.717, 1.165) is 10.6 Å². The summed E-state index contributed by atoms with van der Waals surface area (Å²) in [6, 6.07) is 7.65. The molecule has 0 aliphatic carbocycles. The first-order valence-corrected chi connectivity index (χ1v) is 6.20. The van der Waals surface area contributed by atoms with Crippen molar-refractivity contribution < 1.29 is 9.53 Å². The zero-order chi connectivity index (χ0) is 11.8. The Hall–Kier alpha value is -1.04. The maximum Gasteiger partial charge on any atom is 0.250 e. The lowest BCUT2D eigenvalue weighted by atomic mass is 10.3. The van der Waals surface area contributed by atoms with Crippen LogP contribution >= 0.6 is 11.8 Å². The molecule has 0 spiro atoms. The van der Waals surface area contributed by atoms with E-state index in [0.29, 0.717) is 13.2 Å². The van der Waals surface area contributed by atoms with Crippen molar-refractivity contribution in [2.24, 2.45) is 5.73 Å². The summed E-state index contributed by atoms with van der Waals surface area (Å²) in [5, 5.41) is 2.74. The SMILES string of the molecule is CSc1ccc(NC(=O)COCCN)cc1. The molecule has 1 aromatic carbocycles. The lowest BCUT2D eigenvalue weighted by Crippen LogP contribution is -2.20. The van der Waals surface area contributed by atoms with Crippen LogP contribution in [0.15, 0.2) is 29.2 Å². The third kappa shape index (κ3) is 4.65. The topological polar surface area (TPSA) is 64.3 Å². The van der Waals surface area contributed by atoms with Crippen LogP contribution in [0.25, 0.3) is 0 Å². The summed E-state index contributed by atoms with van der Waals surface area (Å²) in [4.78, 5) is 12.5. The quantitative estimate of drug-likeness (QED) is 0.581. The summed E-state index contributed by atoms with van der Waals surface area (Å²) in [6.07, 6.45) is 2.01. The summed E-state index contributed by atoms with van der Waals surface area (Å²) < 4.78 is 5.02. The molecule has 0 fully saturated rings. The molecule has 1 rings (SSSR count). The van der Waals surface area contributed by atoms with E-state index < -0.39 is 0 Å². The van der Waals surface area contributed by atoms with Crippen molar-refractivity contribution in [1.82, 2.24) is 0 Å². The van der Waals surface area contributed by atoms with Crippen LogP contribution in [-0.4, -0.2) is 31.9 Å². The first kappa shape index (κ1) is 13.0. The van der Waals surface area contributed by atoms with E-state index in [9.17, 15) is 4.79 Å². The molecule has 88 valence electrons. The number of nitrogens with one attached hydrogen (secondary N) is 1. The largest absolute Gasteiger partial charge is 0.370 e. The predicted octanol–water partition coefficient (Wildman–Crippen LogP) is 1.32. The highest BCUT2D eigenvalue weighted by molar-refractivity contribution is 7.98. The van der Waals surface area contributed by atoms with E-state index in [4.69, 9.17) is 10.5 Å². The number of carbonyl (C=O) groups is 1. The van der Waals surface area contributed by atoms with Crippen molar-refractivity contribution >= 4 is 23.4 Å². The van der Waals surface area contributed by atoms with Gasteiger partial charge in [-0.3, -0.25) is 4.79 Å². The number of anilines is 1. The molecule has 5 heteroatoms.